The summed E-state index contributed by atoms with van der Waals surface area (Å²) in [5.74, 6) is -0.183. The fraction of sp³-hybridized carbons (Fsp3) is 0.333. The van der Waals surface area contributed by atoms with Gasteiger partial charge in [0.1, 0.15) is 5.69 Å². The first kappa shape index (κ1) is 15.6. The molecule has 5 nitrogen and oxygen atoms in total. The molecule has 1 aromatic heterocycles. The standard InChI is InChI=1S/C18H22N4O/c1-21-10-12-22(13-11-21)14-15-5-7-16(8-6-15)20-18(23)17-4-2-3-9-19-17/h2-9H,10-14H2,1H3,(H,20,23). The van der Waals surface area contributed by atoms with E-state index >= 15 is 0 Å². The molecule has 23 heavy (non-hydrogen) atoms. The molecule has 5 heteroatoms. The highest BCUT2D eigenvalue weighted by molar-refractivity contribution is 6.02. The minimum absolute atomic E-state index is 0.183. The third kappa shape index (κ3) is 4.37. The van der Waals surface area contributed by atoms with Gasteiger partial charge in [0, 0.05) is 44.6 Å². The maximum atomic E-state index is 12.1. The van der Waals surface area contributed by atoms with E-state index in [0.29, 0.717) is 5.69 Å². The highest BCUT2D eigenvalue weighted by Crippen LogP contribution is 2.13. The van der Waals surface area contributed by atoms with Crippen LogP contribution in [0.15, 0.2) is 48.7 Å². The van der Waals surface area contributed by atoms with Crippen molar-refractivity contribution < 1.29 is 4.79 Å². The Morgan fingerprint density at radius 2 is 1.83 bits per heavy atom. The van der Waals surface area contributed by atoms with Gasteiger partial charge in [0.25, 0.3) is 5.91 Å². The lowest BCUT2D eigenvalue weighted by atomic mass is 10.1. The number of hydrogen-bond acceptors (Lipinski definition) is 4. The summed E-state index contributed by atoms with van der Waals surface area (Å²) in [6.45, 7) is 5.42. The van der Waals surface area contributed by atoms with Crippen LogP contribution in [0.4, 0.5) is 5.69 Å². The lowest BCUT2D eigenvalue weighted by molar-refractivity contribution is 0.102. The lowest BCUT2D eigenvalue weighted by Gasteiger charge is -2.32. The molecular weight excluding hydrogens is 288 g/mol. The Morgan fingerprint density at radius 1 is 1.09 bits per heavy atom. The number of pyridine rings is 1. The summed E-state index contributed by atoms with van der Waals surface area (Å²) >= 11 is 0. The third-order valence-corrected chi connectivity index (χ3v) is 4.11. The van der Waals surface area contributed by atoms with Crippen molar-refractivity contribution in [2.75, 3.05) is 38.5 Å². The Kier molecular flexibility index (Phi) is 5.00. The third-order valence-electron chi connectivity index (χ3n) is 4.11. The van der Waals surface area contributed by atoms with Crippen LogP contribution in [0.1, 0.15) is 16.1 Å². The van der Waals surface area contributed by atoms with Crippen LogP contribution in [-0.4, -0.2) is 53.9 Å². The number of aromatic nitrogens is 1. The predicted molar refractivity (Wildman–Crippen MR) is 91.4 cm³/mol. The number of rotatable bonds is 4. The van der Waals surface area contributed by atoms with Gasteiger partial charge in [0.2, 0.25) is 0 Å². The first-order chi connectivity index (χ1) is 11.2. The van der Waals surface area contributed by atoms with Gasteiger partial charge >= 0.3 is 0 Å². The van der Waals surface area contributed by atoms with Gasteiger partial charge in [-0.1, -0.05) is 18.2 Å². The van der Waals surface area contributed by atoms with Crippen LogP contribution in [0.3, 0.4) is 0 Å². The molecule has 1 saturated heterocycles. The normalized spacial score (nSPS) is 16.2. The zero-order chi connectivity index (χ0) is 16.1. The number of likely N-dealkylation sites (N-methyl/N-ethyl adjacent to an activating group) is 1. The monoisotopic (exact) mass is 310 g/mol. The summed E-state index contributed by atoms with van der Waals surface area (Å²) in [5, 5.41) is 2.87. The molecule has 0 radical (unpaired) electrons. The van der Waals surface area contributed by atoms with Crippen LogP contribution < -0.4 is 5.32 Å². The number of carbonyl (C=O) groups is 1. The van der Waals surface area contributed by atoms with Crippen molar-refractivity contribution in [1.29, 1.82) is 0 Å². The Hall–Kier alpha value is -2.24. The molecule has 1 aromatic carbocycles. The average molecular weight is 310 g/mol. The number of carbonyl (C=O) groups excluding carboxylic acids is 1. The molecule has 0 aliphatic carbocycles. The van der Waals surface area contributed by atoms with E-state index in [9.17, 15) is 4.79 Å². The minimum Gasteiger partial charge on any atom is -0.321 e. The molecule has 1 amide bonds. The van der Waals surface area contributed by atoms with Crippen molar-refractivity contribution in [2.45, 2.75) is 6.54 Å². The van der Waals surface area contributed by atoms with Gasteiger partial charge < -0.3 is 10.2 Å². The number of anilines is 1. The number of benzene rings is 1. The summed E-state index contributed by atoms with van der Waals surface area (Å²) in [6.07, 6.45) is 1.62. The van der Waals surface area contributed by atoms with E-state index in [-0.39, 0.29) is 5.91 Å². The number of piperazine rings is 1. The lowest BCUT2D eigenvalue weighted by Crippen LogP contribution is -2.43. The van der Waals surface area contributed by atoms with Gasteiger partial charge in [0.15, 0.2) is 0 Å². The minimum atomic E-state index is -0.183. The highest BCUT2D eigenvalue weighted by Gasteiger charge is 2.13. The second kappa shape index (κ2) is 7.35. The van der Waals surface area contributed by atoms with Crippen molar-refractivity contribution in [2.24, 2.45) is 0 Å². The van der Waals surface area contributed by atoms with E-state index < -0.39 is 0 Å². The quantitative estimate of drug-likeness (QED) is 0.939. The molecule has 1 aliphatic rings. The van der Waals surface area contributed by atoms with Crippen molar-refractivity contribution in [3.05, 3.63) is 59.9 Å². The van der Waals surface area contributed by atoms with Crippen LogP contribution >= 0.6 is 0 Å². The smallest absolute Gasteiger partial charge is 0.274 e. The summed E-state index contributed by atoms with van der Waals surface area (Å²) in [5.41, 5.74) is 2.49. The fourth-order valence-electron chi connectivity index (χ4n) is 2.65. The molecule has 0 unspecified atom stereocenters. The zero-order valence-corrected chi connectivity index (χ0v) is 13.4. The Balaban J connectivity index is 1.56. The van der Waals surface area contributed by atoms with E-state index in [1.54, 1.807) is 24.4 Å². The molecule has 2 heterocycles. The van der Waals surface area contributed by atoms with E-state index in [1.807, 2.05) is 12.1 Å². The van der Waals surface area contributed by atoms with Gasteiger partial charge in [-0.3, -0.25) is 14.7 Å². The first-order valence-corrected chi connectivity index (χ1v) is 7.93. The maximum Gasteiger partial charge on any atom is 0.274 e. The van der Waals surface area contributed by atoms with Crippen molar-refractivity contribution in [3.63, 3.8) is 0 Å². The topological polar surface area (TPSA) is 48.5 Å². The highest BCUT2D eigenvalue weighted by atomic mass is 16.1. The van der Waals surface area contributed by atoms with Gasteiger partial charge in [-0.05, 0) is 36.9 Å². The summed E-state index contributed by atoms with van der Waals surface area (Å²) in [4.78, 5) is 20.9. The maximum absolute atomic E-state index is 12.1. The molecule has 3 rings (SSSR count). The predicted octanol–water partition coefficient (Wildman–Crippen LogP) is 2.08. The number of nitrogens with zero attached hydrogens (tertiary/aromatic N) is 3. The van der Waals surface area contributed by atoms with Crippen LogP contribution in [-0.2, 0) is 6.54 Å². The SMILES string of the molecule is CN1CCN(Cc2ccc(NC(=O)c3ccccn3)cc2)CC1. The first-order valence-electron chi connectivity index (χ1n) is 7.93. The van der Waals surface area contributed by atoms with E-state index in [0.717, 1.165) is 38.4 Å². The molecule has 1 N–H and O–H groups in total. The van der Waals surface area contributed by atoms with Crippen LogP contribution in [0.2, 0.25) is 0 Å². The van der Waals surface area contributed by atoms with Crippen LogP contribution in [0, 0.1) is 0 Å². The second-order valence-electron chi connectivity index (χ2n) is 5.95. The second-order valence-corrected chi connectivity index (χ2v) is 5.95. The van der Waals surface area contributed by atoms with Crippen molar-refractivity contribution >= 4 is 11.6 Å². The molecule has 0 bridgehead atoms. The Bertz CT molecular complexity index is 634. The van der Waals surface area contributed by atoms with E-state index in [4.69, 9.17) is 0 Å². The van der Waals surface area contributed by atoms with E-state index in [1.165, 1.54) is 5.56 Å². The molecule has 1 fully saturated rings. The summed E-state index contributed by atoms with van der Waals surface area (Å²) < 4.78 is 0. The van der Waals surface area contributed by atoms with E-state index in [2.05, 4.69) is 39.3 Å². The number of hydrogen-bond donors (Lipinski definition) is 1. The average Bonchev–Trinajstić information content (AvgIpc) is 2.59. The zero-order valence-electron chi connectivity index (χ0n) is 13.4. The molecular formula is C18H22N4O. The Labute approximate surface area is 136 Å². The molecule has 0 atom stereocenters. The largest absolute Gasteiger partial charge is 0.321 e. The molecule has 0 saturated carbocycles. The van der Waals surface area contributed by atoms with Crippen LogP contribution in [0.25, 0.3) is 0 Å². The Morgan fingerprint density at radius 3 is 2.48 bits per heavy atom. The molecule has 0 spiro atoms. The van der Waals surface area contributed by atoms with Crippen molar-refractivity contribution in [1.82, 2.24) is 14.8 Å². The number of nitrogens with one attached hydrogen (secondary N) is 1. The summed E-state index contributed by atoms with van der Waals surface area (Å²) in [7, 11) is 2.16. The number of amides is 1. The molecule has 120 valence electrons. The van der Waals surface area contributed by atoms with Gasteiger partial charge in [0.05, 0.1) is 0 Å². The summed E-state index contributed by atoms with van der Waals surface area (Å²) in [6, 6.07) is 13.4. The fourth-order valence-corrected chi connectivity index (χ4v) is 2.65. The molecule has 2 aromatic rings. The van der Waals surface area contributed by atoms with Gasteiger partial charge in [-0.15, -0.1) is 0 Å². The van der Waals surface area contributed by atoms with Gasteiger partial charge in [-0.25, -0.2) is 0 Å². The molecule has 1 aliphatic heterocycles. The van der Waals surface area contributed by atoms with Crippen LogP contribution in [0.5, 0.6) is 0 Å². The van der Waals surface area contributed by atoms with Crippen molar-refractivity contribution in [3.8, 4) is 0 Å². The van der Waals surface area contributed by atoms with Gasteiger partial charge in [-0.2, -0.15) is 0 Å².